The molecule has 2 aromatic carbocycles. The van der Waals surface area contributed by atoms with E-state index in [1.807, 2.05) is 41.4 Å². The Labute approximate surface area is 245 Å². The van der Waals surface area contributed by atoms with Gasteiger partial charge in [0.05, 0.1) is 17.6 Å². The molecule has 0 atom stereocenters. The molecule has 4 aromatic rings. The number of amides is 1. The molecule has 212 valence electrons. The molecule has 0 N–H and O–H groups in total. The van der Waals surface area contributed by atoms with Crippen LogP contribution in [0.3, 0.4) is 0 Å². The van der Waals surface area contributed by atoms with E-state index in [1.54, 1.807) is 11.3 Å². The maximum atomic E-state index is 12.4. The number of aromatic nitrogens is 3. The number of piperazine rings is 1. The third kappa shape index (κ3) is 6.26. The first-order valence-corrected chi connectivity index (χ1v) is 15.2. The molecule has 2 aromatic heterocycles. The summed E-state index contributed by atoms with van der Waals surface area (Å²) < 4.78 is 6.47. The van der Waals surface area contributed by atoms with Gasteiger partial charge in [0.15, 0.2) is 0 Å². The summed E-state index contributed by atoms with van der Waals surface area (Å²) in [4.78, 5) is 23.8. The lowest BCUT2D eigenvalue weighted by molar-refractivity contribution is -0.128. The molecule has 8 nitrogen and oxygen atoms in total. The Kier molecular flexibility index (Phi) is 7.98. The first kappa shape index (κ1) is 27.4. The van der Waals surface area contributed by atoms with Crippen LogP contribution < -0.4 is 9.64 Å². The van der Waals surface area contributed by atoms with Gasteiger partial charge in [-0.25, -0.2) is 0 Å². The van der Waals surface area contributed by atoms with Crippen molar-refractivity contribution in [1.29, 1.82) is 0 Å². The second kappa shape index (κ2) is 12.0. The number of likely N-dealkylation sites (N-methyl/N-ethyl adjacent to an activating group) is 1. The number of benzene rings is 2. The smallest absolute Gasteiger partial charge is 0.222 e. The number of ether oxygens (including phenoxy) is 1. The molecular formula is C32H36N6O2S. The Hall–Kier alpha value is -3.82. The van der Waals surface area contributed by atoms with Crippen molar-refractivity contribution in [2.24, 2.45) is 0 Å². The van der Waals surface area contributed by atoms with E-state index in [-0.39, 0.29) is 5.91 Å². The number of pyridine rings is 1. The summed E-state index contributed by atoms with van der Waals surface area (Å²) in [6.07, 6.45) is 3.49. The second-order valence-electron chi connectivity index (χ2n) is 11.2. The maximum absolute atomic E-state index is 12.4. The molecule has 4 heterocycles. The lowest BCUT2D eigenvalue weighted by Crippen LogP contribution is -2.44. The molecule has 0 bridgehead atoms. The van der Waals surface area contributed by atoms with E-state index in [4.69, 9.17) is 9.72 Å². The van der Waals surface area contributed by atoms with Crippen LogP contribution in [0.4, 0.5) is 5.69 Å². The third-order valence-corrected chi connectivity index (χ3v) is 9.05. The van der Waals surface area contributed by atoms with E-state index in [1.165, 1.54) is 0 Å². The van der Waals surface area contributed by atoms with Crippen LogP contribution >= 0.6 is 11.3 Å². The van der Waals surface area contributed by atoms with E-state index in [9.17, 15) is 4.79 Å². The van der Waals surface area contributed by atoms with Crippen molar-refractivity contribution in [2.45, 2.75) is 39.2 Å². The Morgan fingerprint density at radius 1 is 0.927 bits per heavy atom. The van der Waals surface area contributed by atoms with Crippen LogP contribution in [-0.4, -0.2) is 70.7 Å². The molecule has 0 radical (unpaired) electrons. The zero-order valence-corrected chi connectivity index (χ0v) is 24.7. The van der Waals surface area contributed by atoms with Crippen molar-refractivity contribution < 1.29 is 9.53 Å². The lowest BCUT2D eigenvalue weighted by atomic mass is 10.1. The van der Waals surface area contributed by atoms with Crippen molar-refractivity contribution in [1.82, 2.24) is 25.0 Å². The lowest BCUT2D eigenvalue weighted by Gasteiger charge is -2.33. The molecule has 6 rings (SSSR count). The highest BCUT2D eigenvalue weighted by atomic mass is 32.1. The summed E-state index contributed by atoms with van der Waals surface area (Å²) in [5.74, 6) is 2.02. The molecule has 0 saturated carbocycles. The van der Waals surface area contributed by atoms with Gasteiger partial charge in [0.1, 0.15) is 21.5 Å². The fourth-order valence-corrected chi connectivity index (χ4v) is 6.05. The quantitative estimate of drug-likeness (QED) is 0.256. The van der Waals surface area contributed by atoms with Crippen LogP contribution in [-0.2, 0) is 11.3 Å². The third-order valence-electron chi connectivity index (χ3n) is 7.78. The second-order valence-corrected chi connectivity index (χ2v) is 12.2. The molecular weight excluding hydrogens is 532 g/mol. The fraction of sp³-hybridized carbons (Fsp3) is 0.375. The highest BCUT2D eigenvalue weighted by molar-refractivity contribution is 7.14. The van der Waals surface area contributed by atoms with Gasteiger partial charge in [-0.2, -0.15) is 0 Å². The standard InChI is InChI=1S/C32H36N6O2S/c1-22(2)31-34-35-32(41-31)23-8-11-27(12-9-23)40-29-19-24(6-7-25(29)21-38-14-4-5-30(38)39)28-13-10-26(20-33-28)37-17-15-36(3)16-18-37/h6-13,19-20,22H,4-5,14-18,21H2,1-3H3. The Morgan fingerprint density at radius 3 is 2.37 bits per heavy atom. The van der Waals surface area contributed by atoms with Gasteiger partial charge < -0.3 is 19.4 Å². The van der Waals surface area contributed by atoms with E-state index in [2.05, 4.69) is 65.2 Å². The minimum atomic E-state index is 0.198. The van der Waals surface area contributed by atoms with Gasteiger partial charge in [-0.3, -0.25) is 9.78 Å². The summed E-state index contributed by atoms with van der Waals surface area (Å²) in [5.41, 5.74) is 5.02. The van der Waals surface area contributed by atoms with E-state index >= 15 is 0 Å². The zero-order valence-electron chi connectivity index (χ0n) is 23.9. The van der Waals surface area contributed by atoms with Crippen LogP contribution in [0.15, 0.2) is 60.8 Å². The number of carbonyl (C=O) groups excluding carboxylic acids is 1. The number of anilines is 1. The topological polar surface area (TPSA) is 74.7 Å². The number of hydrogen-bond donors (Lipinski definition) is 0. The number of likely N-dealkylation sites (tertiary alicyclic amines) is 1. The molecule has 0 spiro atoms. The molecule has 0 aliphatic carbocycles. The van der Waals surface area contributed by atoms with Crippen molar-refractivity contribution >= 4 is 22.9 Å². The van der Waals surface area contributed by atoms with Gasteiger partial charge in [0.2, 0.25) is 5.91 Å². The van der Waals surface area contributed by atoms with Crippen LogP contribution in [0.2, 0.25) is 0 Å². The van der Waals surface area contributed by atoms with Gasteiger partial charge in [-0.05, 0) is 55.9 Å². The SMILES string of the molecule is CC(C)c1nnc(-c2ccc(Oc3cc(-c4ccc(N5CCN(C)CC5)cn4)ccc3CN3CCCC3=O)cc2)s1. The zero-order chi connectivity index (χ0) is 28.3. The van der Waals surface area contributed by atoms with Crippen molar-refractivity contribution in [3.05, 3.63) is 71.4 Å². The van der Waals surface area contributed by atoms with E-state index in [0.717, 1.165) is 88.7 Å². The molecule has 41 heavy (non-hydrogen) atoms. The summed E-state index contributed by atoms with van der Waals surface area (Å²) >= 11 is 1.62. The minimum Gasteiger partial charge on any atom is -0.457 e. The van der Waals surface area contributed by atoms with Gasteiger partial charge in [-0.15, -0.1) is 10.2 Å². The van der Waals surface area contributed by atoms with E-state index in [0.29, 0.717) is 18.9 Å². The normalized spacial score (nSPS) is 16.1. The van der Waals surface area contributed by atoms with Gasteiger partial charge >= 0.3 is 0 Å². The summed E-state index contributed by atoms with van der Waals surface area (Å²) in [6.45, 7) is 9.70. The predicted molar refractivity (Wildman–Crippen MR) is 164 cm³/mol. The number of rotatable bonds is 8. The summed E-state index contributed by atoms with van der Waals surface area (Å²) in [7, 11) is 2.16. The van der Waals surface area contributed by atoms with Gasteiger partial charge in [0.25, 0.3) is 0 Å². The predicted octanol–water partition coefficient (Wildman–Crippen LogP) is 6.06. The largest absolute Gasteiger partial charge is 0.457 e. The number of carbonyl (C=O) groups is 1. The molecule has 2 aliphatic rings. The number of hydrogen-bond acceptors (Lipinski definition) is 8. The van der Waals surface area contributed by atoms with Crippen molar-refractivity contribution in [2.75, 3.05) is 44.7 Å². The van der Waals surface area contributed by atoms with Gasteiger partial charge in [0, 0.05) is 68.3 Å². The Morgan fingerprint density at radius 2 is 1.71 bits per heavy atom. The highest BCUT2D eigenvalue weighted by Crippen LogP contribution is 2.34. The van der Waals surface area contributed by atoms with Crippen LogP contribution in [0.1, 0.15) is 43.2 Å². The molecule has 9 heteroatoms. The van der Waals surface area contributed by atoms with Gasteiger partial charge in [-0.1, -0.05) is 37.3 Å². The fourth-order valence-electron chi connectivity index (χ4n) is 5.20. The minimum absolute atomic E-state index is 0.198. The highest BCUT2D eigenvalue weighted by Gasteiger charge is 2.22. The first-order valence-electron chi connectivity index (χ1n) is 14.4. The van der Waals surface area contributed by atoms with E-state index < -0.39 is 0 Å². The van der Waals surface area contributed by atoms with Crippen LogP contribution in [0, 0.1) is 0 Å². The molecule has 2 fully saturated rings. The van der Waals surface area contributed by atoms with Crippen molar-refractivity contribution in [3.63, 3.8) is 0 Å². The maximum Gasteiger partial charge on any atom is 0.222 e. The number of nitrogens with zero attached hydrogens (tertiary/aromatic N) is 6. The molecule has 1 amide bonds. The monoisotopic (exact) mass is 568 g/mol. The molecule has 2 aliphatic heterocycles. The average molecular weight is 569 g/mol. The Balaban J connectivity index is 1.25. The summed E-state index contributed by atoms with van der Waals surface area (Å²) in [5, 5.41) is 10.6. The molecule has 2 saturated heterocycles. The Bertz CT molecular complexity index is 1490. The average Bonchev–Trinajstić information content (AvgIpc) is 3.65. The van der Waals surface area contributed by atoms with Crippen LogP contribution in [0.25, 0.3) is 21.8 Å². The van der Waals surface area contributed by atoms with Crippen LogP contribution in [0.5, 0.6) is 11.5 Å². The first-order chi connectivity index (χ1) is 19.9. The molecule has 0 unspecified atom stereocenters. The van der Waals surface area contributed by atoms with Crippen molar-refractivity contribution in [3.8, 4) is 33.3 Å². The summed E-state index contributed by atoms with van der Waals surface area (Å²) in [6, 6.07) is 18.4.